The van der Waals surface area contributed by atoms with Gasteiger partial charge in [-0.2, -0.15) is 0 Å². The molecule has 3 heterocycles. The Balaban J connectivity index is 1.52. The highest BCUT2D eigenvalue weighted by atomic mass is 15.6. The lowest BCUT2D eigenvalue weighted by atomic mass is 10.0. The average Bonchev–Trinajstić information content (AvgIpc) is 3.16. The van der Waals surface area contributed by atoms with Crippen molar-refractivity contribution in [2.75, 3.05) is 16.5 Å². The number of rotatable bonds is 22. The molecular formula is C51H71N5. The molecule has 2 aromatic heterocycles. The number of aryl methyl sites for hydroxylation is 4. The number of hydrogen-bond donors (Lipinski definition) is 0. The van der Waals surface area contributed by atoms with E-state index in [1.807, 2.05) is 0 Å². The molecule has 5 rings (SSSR count). The van der Waals surface area contributed by atoms with Crippen LogP contribution in [0.25, 0.3) is 0 Å². The normalized spacial score (nSPS) is 13.0. The van der Waals surface area contributed by atoms with E-state index in [1.54, 1.807) is 0 Å². The minimum Gasteiger partial charge on any atom is -0.297 e. The second-order valence-electron chi connectivity index (χ2n) is 17.7. The van der Waals surface area contributed by atoms with Crippen LogP contribution in [0.2, 0.25) is 0 Å². The molecule has 0 atom stereocenters. The number of nitrogens with zero attached hydrogens (tertiary/aromatic N) is 5. The lowest BCUT2D eigenvalue weighted by molar-refractivity contribution is 0.404. The maximum absolute atomic E-state index is 5.34. The summed E-state index contributed by atoms with van der Waals surface area (Å²) in [6.07, 6.45) is 20.3. The minimum absolute atomic E-state index is 0.657. The van der Waals surface area contributed by atoms with E-state index in [2.05, 4.69) is 174 Å². The number of benzene rings is 2. The van der Waals surface area contributed by atoms with Crippen molar-refractivity contribution in [3.05, 3.63) is 131 Å². The lowest BCUT2D eigenvalue weighted by Crippen LogP contribution is -2.41. The Morgan fingerprint density at radius 3 is 1.55 bits per heavy atom. The van der Waals surface area contributed by atoms with Crippen molar-refractivity contribution < 1.29 is 0 Å². The van der Waals surface area contributed by atoms with Gasteiger partial charge in [-0.05, 0) is 147 Å². The first-order valence-electron chi connectivity index (χ1n) is 21.9. The molecule has 0 radical (unpaired) electrons. The van der Waals surface area contributed by atoms with Crippen molar-refractivity contribution in [3.63, 3.8) is 0 Å². The molecule has 1 aliphatic heterocycles. The molecule has 0 spiro atoms. The quantitative estimate of drug-likeness (QED) is 0.0798. The first kappa shape index (κ1) is 42.8. The van der Waals surface area contributed by atoms with Gasteiger partial charge in [0.05, 0.1) is 12.2 Å². The second kappa shape index (κ2) is 21.8. The summed E-state index contributed by atoms with van der Waals surface area (Å²) in [5.41, 5.74) is 8.50. The molecule has 5 heteroatoms. The molecule has 0 N–H and O–H groups in total. The van der Waals surface area contributed by atoms with Gasteiger partial charge in [-0.25, -0.2) is 15.0 Å². The predicted octanol–water partition coefficient (Wildman–Crippen LogP) is 14.0. The summed E-state index contributed by atoms with van der Waals surface area (Å²) in [7, 11) is 0. The Morgan fingerprint density at radius 1 is 0.536 bits per heavy atom. The number of hydrazine groups is 1. The Morgan fingerprint density at radius 2 is 1.00 bits per heavy atom. The van der Waals surface area contributed by atoms with Gasteiger partial charge in [0.15, 0.2) is 5.82 Å². The zero-order valence-electron chi connectivity index (χ0n) is 36.1. The van der Waals surface area contributed by atoms with E-state index in [1.165, 1.54) is 55.3 Å². The molecule has 4 aromatic rings. The summed E-state index contributed by atoms with van der Waals surface area (Å²) < 4.78 is 0. The SMILES string of the molecule is CC(C)CCCc1cccc(N(C2=CC=CN(N(c3cccc(CCCC(C)C)c3)c3cccc(CCCC(C)C)n3)C2)c2cccc(CCCC(C)C)n2)c1. The molecule has 5 nitrogen and oxygen atoms in total. The fourth-order valence-corrected chi connectivity index (χ4v) is 7.63. The first-order chi connectivity index (χ1) is 27.0. The predicted molar refractivity (Wildman–Crippen MR) is 241 cm³/mol. The van der Waals surface area contributed by atoms with E-state index >= 15 is 0 Å². The Labute approximate surface area is 340 Å². The van der Waals surface area contributed by atoms with Crippen LogP contribution in [0.3, 0.4) is 0 Å². The largest absolute Gasteiger partial charge is 0.297 e. The van der Waals surface area contributed by atoms with Crippen LogP contribution in [0.5, 0.6) is 0 Å². The van der Waals surface area contributed by atoms with Crippen LogP contribution in [-0.4, -0.2) is 21.5 Å². The summed E-state index contributed by atoms with van der Waals surface area (Å²) >= 11 is 0. The minimum atomic E-state index is 0.657. The number of allylic oxidation sites excluding steroid dienone is 2. The smallest absolute Gasteiger partial charge is 0.152 e. The molecule has 0 unspecified atom stereocenters. The second-order valence-corrected chi connectivity index (χ2v) is 17.7. The van der Waals surface area contributed by atoms with Gasteiger partial charge in [0, 0.05) is 29.0 Å². The van der Waals surface area contributed by atoms with Gasteiger partial charge >= 0.3 is 0 Å². The van der Waals surface area contributed by atoms with E-state index in [4.69, 9.17) is 9.97 Å². The van der Waals surface area contributed by atoms with Crippen LogP contribution in [0.15, 0.2) is 109 Å². The number of aromatic nitrogens is 2. The van der Waals surface area contributed by atoms with Crippen molar-refractivity contribution in [2.45, 2.75) is 132 Å². The summed E-state index contributed by atoms with van der Waals surface area (Å²) in [5, 5.41) is 4.67. The molecule has 1 aliphatic rings. The van der Waals surface area contributed by atoms with Crippen molar-refractivity contribution >= 4 is 23.0 Å². The van der Waals surface area contributed by atoms with Gasteiger partial charge in [-0.3, -0.25) is 9.91 Å². The van der Waals surface area contributed by atoms with Crippen LogP contribution in [-0.2, 0) is 25.7 Å². The van der Waals surface area contributed by atoms with E-state index in [9.17, 15) is 0 Å². The van der Waals surface area contributed by atoms with Crippen LogP contribution >= 0.6 is 0 Å². The maximum Gasteiger partial charge on any atom is 0.152 e. The topological polar surface area (TPSA) is 35.5 Å². The summed E-state index contributed by atoms with van der Waals surface area (Å²) in [5.74, 6) is 4.72. The number of anilines is 4. The molecule has 0 fully saturated rings. The lowest BCUT2D eigenvalue weighted by Gasteiger charge is -2.39. The standard InChI is InChI=1S/C51H71N5/c1-39(2)18-9-22-43-24-13-30-47(36-43)55(50-33-15-28-45(52-50)26-11-20-41(5)6)49-32-17-35-54(38-49)56(48-31-14-25-44(37-48)23-10-19-40(3)4)51-34-16-29-46(53-51)27-12-21-42(7)8/h13-17,24-25,28-37,39-42H,9-12,18-23,26-27,38H2,1-8H3. The highest BCUT2D eigenvalue weighted by Gasteiger charge is 2.25. The van der Waals surface area contributed by atoms with E-state index in [-0.39, 0.29) is 0 Å². The molecule has 0 aliphatic carbocycles. The van der Waals surface area contributed by atoms with E-state index < -0.39 is 0 Å². The highest BCUT2D eigenvalue weighted by molar-refractivity contribution is 5.68. The molecular weight excluding hydrogens is 683 g/mol. The van der Waals surface area contributed by atoms with Crippen LogP contribution < -0.4 is 9.91 Å². The molecule has 0 saturated heterocycles. The third-order valence-corrected chi connectivity index (χ3v) is 10.7. The average molecular weight is 754 g/mol. The Kier molecular flexibility index (Phi) is 16.6. The highest BCUT2D eigenvalue weighted by Crippen LogP contribution is 2.35. The zero-order chi connectivity index (χ0) is 39.9. The van der Waals surface area contributed by atoms with Gasteiger partial charge in [-0.1, -0.05) is 117 Å². The molecule has 300 valence electrons. The van der Waals surface area contributed by atoms with Crippen LogP contribution in [0, 0.1) is 23.7 Å². The van der Waals surface area contributed by atoms with E-state index in [0.717, 1.165) is 72.9 Å². The molecule has 0 saturated carbocycles. The van der Waals surface area contributed by atoms with Crippen LogP contribution in [0.1, 0.15) is 129 Å². The maximum atomic E-state index is 5.34. The van der Waals surface area contributed by atoms with Gasteiger partial charge in [-0.15, -0.1) is 0 Å². The van der Waals surface area contributed by atoms with Crippen LogP contribution in [0.4, 0.5) is 23.0 Å². The summed E-state index contributed by atoms with van der Waals surface area (Å²) in [6, 6.07) is 31.4. The van der Waals surface area contributed by atoms with Crippen molar-refractivity contribution in [2.24, 2.45) is 23.7 Å². The summed E-state index contributed by atoms with van der Waals surface area (Å²) in [4.78, 5) is 13.1. The third kappa shape index (κ3) is 13.4. The third-order valence-electron chi connectivity index (χ3n) is 10.7. The monoisotopic (exact) mass is 754 g/mol. The number of hydrogen-bond acceptors (Lipinski definition) is 5. The van der Waals surface area contributed by atoms with Gasteiger partial charge in [0.2, 0.25) is 0 Å². The van der Waals surface area contributed by atoms with Crippen molar-refractivity contribution in [1.82, 2.24) is 15.0 Å². The number of pyridine rings is 2. The Bertz CT molecular complexity index is 1720. The summed E-state index contributed by atoms with van der Waals surface area (Å²) in [6.45, 7) is 19.1. The van der Waals surface area contributed by atoms with Gasteiger partial charge in [0.1, 0.15) is 5.82 Å². The fraction of sp³-hybridized carbons (Fsp3) is 0.490. The Hall–Kier alpha value is -4.38. The van der Waals surface area contributed by atoms with Gasteiger partial charge in [0.25, 0.3) is 0 Å². The first-order valence-corrected chi connectivity index (χ1v) is 21.9. The fourth-order valence-electron chi connectivity index (χ4n) is 7.63. The van der Waals surface area contributed by atoms with Crippen molar-refractivity contribution in [1.29, 1.82) is 0 Å². The van der Waals surface area contributed by atoms with Crippen molar-refractivity contribution in [3.8, 4) is 0 Å². The van der Waals surface area contributed by atoms with E-state index in [0.29, 0.717) is 30.2 Å². The molecule has 56 heavy (non-hydrogen) atoms. The zero-order valence-corrected chi connectivity index (χ0v) is 36.1. The molecule has 0 amide bonds. The van der Waals surface area contributed by atoms with Gasteiger partial charge < -0.3 is 0 Å². The molecule has 2 aromatic carbocycles. The molecule has 0 bridgehead atoms.